The molecule has 0 aromatic heterocycles. The van der Waals surface area contributed by atoms with Crippen LogP contribution >= 0.6 is 0 Å². The van der Waals surface area contributed by atoms with E-state index in [0.717, 1.165) is 35.5 Å². The second kappa shape index (κ2) is 15.6. The lowest BCUT2D eigenvalue weighted by atomic mass is 10.1. The van der Waals surface area contributed by atoms with Crippen LogP contribution < -0.4 is 14.2 Å². The number of ether oxygens (including phenoxy) is 3. The van der Waals surface area contributed by atoms with E-state index in [0.29, 0.717) is 29.4 Å². The normalized spacial score (nSPS) is 10.7. The highest BCUT2D eigenvalue weighted by atomic mass is 16.5. The van der Waals surface area contributed by atoms with E-state index < -0.39 is 31.1 Å². The Morgan fingerprint density at radius 3 is 1.88 bits per heavy atom. The van der Waals surface area contributed by atoms with E-state index in [1.165, 1.54) is 20.6 Å². The van der Waals surface area contributed by atoms with Gasteiger partial charge in [0.2, 0.25) is 5.75 Å². The van der Waals surface area contributed by atoms with Crippen molar-refractivity contribution in [2.75, 3.05) is 47.0 Å². The van der Waals surface area contributed by atoms with Crippen LogP contribution in [0.5, 0.6) is 17.2 Å². The highest BCUT2D eigenvalue weighted by Crippen LogP contribution is 2.39. The van der Waals surface area contributed by atoms with Gasteiger partial charge in [0.05, 0.1) is 33.9 Å². The van der Waals surface area contributed by atoms with E-state index in [4.69, 9.17) is 24.4 Å². The predicted octanol–water partition coefficient (Wildman–Crippen LogP) is 3.00. The molecule has 0 saturated carbocycles. The van der Waals surface area contributed by atoms with Crippen molar-refractivity contribution >= 4 is 18.0 Å². The third kappa shape index (κ3) is 10.6. The van der Waals surface area contributed by atoms with Crippen molar-refractivity contribution in [2.45, 2.75) is 45.6 Å². The molecule has 0 aliphatic heterocycles. The lowest BCUT2D eigenvalue weighted by Crippen LogP contribution is -2.41. The van der Waals surface area contributed by atoms with Gasteiger partial charge in [0.1, 0.15) is 0 Å². The molecule has 0 fully saturated rings. The molecule has 0 bridgehead atoms. The molecule has 0 radical (unpaired) electrons. The summed E-state index contributed by atoms with van der Waals surface area (Å²) < 4.78 is 16.8. The second-order valence-corrected chi connectivity index (χ2v) is 7.79. The van der Waals surface area contributed by atoms with Crippen molar-refractivity contribution in [1.29, 1.82) is 0 Å². The number of hydrogen-bond donors (Lipinski definition) is 3. The minimum atomic E-state index is -1.23. The average Bonchev–Trinajstić information content (AvgIpc) is 2.77. The molecular formula is C23H36N2O9. The molecule has 0 atom stereocenters. The summed E-state index contributed by atoms with van der Waals surface area (Å²) in [5, 5.41) is 27.5. The lowest BCUT2D eigenvalue weighted by molar-refractivity contribution is -0.141. The fourth-order valence-corrected chi connectivity index (χ4v) is 3.37. The van der Waals surface area contributed by atoms with Crippen LogP contribution in [-0.4, -0.2) is 90.2 Å². The van der Waals surface area contributed by atoms with Crippen molar-refractivity contribution in [3.8, 4) is 17.2 Å². The van der Waals surface area contributed by atoms with Crippen LogP contribution in [0.25, 0.3) is 0 Å². The van der Waals surface area contributed by atoms with Gasteiger partial charge in [-0.1, -0.05) is 32.6 Å². The number of rotatable bonds is 18. The third-order valence-corrected chi connectivity index (χ3v) is 5.06. The van der Waals surface area contributed by atoms with E-state index in [-0.39, 0.29) is 19.6 Å². The molecule has 1 amide bonds. The zero-order valence-corrected chi connectivity index (χ0v) is 20.1. The van der Waals surface area contributed by atoms with Gasteiger partial charge < -0.3 is 34.4 Å². The topological polar surface area (TPSA) is 146 Å². The van der Waals surface area contributed by atoms with Crippen LogP contribution in [0.15, 0.2) is 12.1 Å². The molecule has 34 heavy (non-hydrogen) atoms. The van der Waals surface area contributed by atoms with E-state index in [9.17, 15) is 19.5 Å². The fraction of sp³-hybridized carbons (Fsp3) is 0.609. The molecule has 0 aliphatic carbocycles. The van der Waals surface area contributed by atoms with Crippen molar-refractivity contribution in [2.24, 2.45) is 0 Å². The molecule has 11 heteroatoms. The number of carboxylic acids is 2. The molecular weight excluding hydrogens is 448 g/mol. The summed E-state index contributed by atoms with van der Waals surface area (Å²) in [7, 11) is 2.97. The molecule has 11 nitrogen and oxygen atoms in total. The number of carboxylic acid groups (broad SMARTS) is 3. The maximum absolute atomic E-state index is 11.8. The molecule has 1 aromatic rings. The number of nitrogens with zero attached hydrogens (tertiary/aromatic N) is 2. The predicted molar refractivity (Wildman–Crippen MR) is 124 cm³/mol. The Labute approximate surface area is 199 Å². The Morgan fingerprint density at radius 1 is 0.853 bits per heavy atom. The van der Waals surface area contributed by atoms with Gasteiger partial charge in [-0.15, -0.1) is 0 Å². The fourth-order valence-electron chi connectivity index (χ4n) is 3.37. The van der Waals surface area contributed by atoms with Crippen molar-refractivity contribution in [3.63, 3.8) is 0 Å². The molecule has 0 heterocycles. The standard InChI is InChI=1S/C23H36N2O9/c1-4-5-6-7-8-11-34-22-18(32-2)12-17(13-19(22)33-3)14-25(23(30)31)10-9-24(15-20(26)27)16-21(28)29/h12-13H,4-11,14-16H2,1-3H3,(H,26,27)(H,28,29)(H,30,31). The smallest absolute Gasteiger partial charge is 0.407 e. The number of aliphatic carboxylic acids is 2. The summed E-state index contributed by atoms with van der Waals surface area (Å²) in [4.78, 5) is 35.9. The summed E-state index contributed by atoms with van der Waals surface area (Å²) in [6, 6.07) is 3.33. The van der Waals surface area contributed by atoms with Crippen LogP contribution in [-0.2, 0) is 16.1 Å². The molecule has 0 unspecified atom stereocenters. The first-order chi connectivity index (χ1) is 16.2. The van der Waals surface area contributed by atoms with Gasteiger partial charge in [-0.05, 0) is 24.1 Å². The summed E-state index contributed by atoms with van der Waals surface area (Å²) >= 11 is 0. The summed E-state index contributed by atoms with van der Waals surface area (Å²) in [5.41, 5.74) is 0.578. The Hall–Kier alpha value is -3.21. The van der Waals surface area contributed by atoms with Crippen LogP contribution in [0, 0.1) is 0 Å². The van der Waals surface area contributed by atoms with E-state index in [2.05, 4.69) is 6.92 Å². The monoisotopic (exact) mass is 484 g/mol. The molecule has 1 aromatic carbocycles. The molecule has 0 aliphatic rings. The number of methoxy groups -OCH3 is 2. The van der Waals surface area contributed by atoms with Gasteiger partial charge in [0.15, 0.2) is 11.5 Å². The largest absolute Gasteiger partial charge is 0.493 e. The Kier molecular flexibility index (Phi) is 13.2. The van der Waals surface area contributed by atoms with Gasteiger partial charge in [0, 0.05) is 19.6 Å². The first kappa shape index (κ1) is 28.8. The SMILES string of the molecule is CCCCCCCOc1c(OC)cc(CN(CCN(CC(=O)O)CC(=O)O)C(=O)O)cc1OC. The first-order valence-electron chi connectivity index (χ1n) is 11.2. The van der Waals surface area contributed by atoms with Crippen LogP contribution in [0.2, 0.25) is 0 Å². The Balaban J connectivity index is 2.91. The highest BCUT2D eigenvalue weighted by Gasteiger charge is 2.20. The van der Waals surface area contributed by atoms with Gasteiger partial charge >= 0.3 is 18.0 Å². The zero-order valence-electron chi connectivity index (χ0n) is 20.1. The number of unbranched alkanes of at least 4 members (excludes halogenated alkanes) is 4. The van der Waals surface area contributed by atoms with E-state index in [1.807, 2.05) is 0 Å². The lowest BCUT2D eigenvalue weighted by Gasteiger charge is -2.24. The minimum Gasteiger partial charge on any atom is -0.493 e. The van der Waals surface area contributed by atoms with Crippen LogP contribution in [0.4, 0.5) is 4.79 Å². The third-order valence-electron chi connectivity index (χ3n) is 5.06. The average molecular weight is 485 g/mol. The molecule has 0 saturated heterocycles. The summed E-state index contributed by atoms with van der Waals surface area (Å²) in [5.74, 6) is -1.13. The van der Waals surface area contributed by atoms with E-state index >= 15 is 0 Å². The quantitative estimate of drug-likeness (QED) is 0.266. The number of carbonyl (C=O) groups is 3. The van der Waals surface area contributed by atoms with E-state index in [1.54, 1.807) is 12.1 Å². The van der Waals surface area contributed by atoms with Crippen LogP contribution in [0.1, 0.15) is 44.6 Å². The van der Waals surface area contributed by atoms with Gasteiger partial charge in [-0.3, -0.25) is 14.5 Å². The number of hydrogen-bond acceptors (Lipinski definition) is 7. The summed E-state index contributed by atoms with van der Waals surface area (Å²) in [6.07, 6.45) is 4.22. The van der Waals surface area contributed by atoms with Crippen molar-refractivity contribution in [1.82, 2.24) is 9.80 Å². The first-order valence-corrected chi connectivity index (χ1v) is 11.2. The minimum absolute atomic E-state index is 0.0344. The second-order valence-electron chi connectivity index (χ2n) is 7.79. The van der Waals surface area contributed by atoms with Crippen molar-refractivity contribution in [3.05, 3.63) is 17.7 Å². The number of amides is 1. The van der Waals surface area contributed by atoms with Gasteiger partial charge in [-0.2, -0.15) is 0 Å². The molecule has 3 N–H and O–H groups in total. The summed E-state index contributed by atoms with van der Waals surface area (Å²) in [6.45, 7) is 1.46. The molecule has 192 valence electrons. The number of benzene rings is 1. The Morgan fingerprint density at radius 2 is 1.41 bits per heavy atom. The molecule has 1 rings (SSSR count). The highest BCUT2D eigenvalue weighted by molar-refractivity contribution is 5.72. The molecule has 0 spiro atoms. The Bertz CT molecular complexity index is 760. The maximum Gasteiger partial charge on any atom is 0.407 e. The van der Waals surface area contributed by atoms with Gasteiger partial charge in [-0.25, -0.2) is 4.79 Å². The maximum atomic E-state index is 11.8. The van der Waals surface area contributed by atoms with Crippen molar-refractivity contribution < 1.29 is 43.9 Å². The van der Waals surface area contributed by atoms with Crippen LogP contribution in [0.3, 0.4) is 0 Å². The zero-order chi connectivity index (χ0) is 25.5. The van der Waals surface area contributed by atoms with Gasteiger partial charge in [0.25, 0.3) is 0 Å².